The molecule has 2 rings (SSSR count). The maximum Gasteiger partial charge on any atom is 0.433 e. The molecule has 0 fully saturated rings. The maximum absolute atomic E-state index is 12.7. The lowest BCUT2D eigenvalue weighted by Gasteiger charge is -2.11. The van der Waals surface area contributed by atoms with E-state index < -0.39 is 11.9 Å². The molecule has 8 heteroatoms. The highest BCUT2D eigenvalue weighted by molar-refractivity contribution is 6.30. The van der Waals surface area contributed by atoms with Crippen molar-refractivity contribution in [1.29, 1.82) is 0 Å². The van der Waals surface area contributed by atoms with Crippen molar-refractivity contribution in [2.45, 2.75) is 12.8 Å². The van der Waals surface area contributed by atoms with Gasteiger partial charge in [0, 0.05) is 18.1 Å². The van der Waals surface area contributed by atoms with E-state index in [1.165, 1.54) is 7.05 Å². The summed E-state index contributed by atoms with van der Waals surface area (Å²) in [7, 11) is 1.43. The molecule has 0 aliphatic carbocycles. The number of benzene rings is 1. The zero-order valence-corrected chi connectivity index (χ0v) is 11.7. The van der Waals surface area contributed by atoms with Gasteiger partial charge in [-0.2, -0.15) is 18.2 Å². The molecule has 0 atom stereocenters. The Morgan fingerprint density at radius 3 is 2.43 bits per heavy atom. The standard InChI is InChI=1S/C13H11ClF3N3O/c1-18-12-19-10(13(15,16)17)6-11(20-12)21-7-8-2-4-9(14)5-3-8/h2-6H,7H2,1H3,(H,18,19,20). The van der Waals surface area contributed by atoms with Gasteiger partial charge in [-0.25, -0.2) is 4.98 Å². The molecule has 1 heterocycles. The van der Waals surface area contributed by atoms with Gasteiger partial charge in [-0.15, -0.1) is 0 Å². The summed E-state index contributed by atoms with van der Waals surface area (Å²) in [5, 5.41) is 3.03. The fourth-order valence-corrected chi connectivity index (χ4v) is 1.62. The fraction of sp³-hybridized carbons (Fsp3) is 0.231. The Kier molecular flexibility index (Phi) is 4.52. The smallest absolute Gasteiger partial charge is 0.433 e. The van der Waals surface area contributed by atoms with E-state index in [0.29, 0.717) is 5.02 Å². The second-order valence-corrected chi connectivity index (χ2v) is 4.51. The van der Waals surface area contributed by atoms with Crippen LogP contribution in [-0.2, 0) is 12.8 Å². The van der Waals surface area contributed by atoms with E-state index in [9.17, 15) is 13.2 Å². The summed E-state index contributed by atoms with van der Waals surface area (Å²) in [6, 6.07) is 7.53. The van der Waals surface area contributed by atoms with Gasteiger partial charge in [0.2, 0.25) is 11.8 Å². The van der Waals surface area contributed by atoms with Crippen molar-refractivity contribution in [3.63, 3.8) is 0 Å². The number of halogens is 4. The number of ether oxygens (including phenoxy) is 1. The Balaban J connectivity index is 2.17. The third kappa shape index (κ3) is 4.22. The predicted octanol–water partition coefficient (Wildman–Crippen LogP) is 3.77. The molecule has 0 spiro atoms. The van der Waals surface area contributed by atoms with Crippen LogP contribution in [0.15, 0.2) is 30.3 Å². The first-order valence-corrected chi connectivity index (χ1v) is 6.27. The van der Waals surface area contributed by atoms with Crippen molar-refractivity contribution in [2.75, 3.05) is 12.4 Å². The lowest BCUT2D eigenvalue weighted by Crippen LogP contribution is -2.12. The zero-order chi connectivity index (χ0) is 15.5. The van der Waals surface area contributed by atoms with Gasteiger partial charge in [0.1, 0.15) is 6.61 Å². The topological polar surface area (TPSA) is 47.0 Å². The maximum atomic E-state index is 12.7. The fourth-order valence-electron chi connectivity index (χ4n) is 1.49. The summed E-state index contributed by atoms with van der Waals surface area (Å²) in [6.45, 7) is 0.0780. The summed E-state index contributed by atoms with van der Waals surface area (Å²) in [5.41, 5.74) is -0.300. The molecule has 0 saturated heterocycles. The highest BCUT2D eigenvalue weighted by atomic mass is 35.5. The van der Waals surface area contributed by atoms with Gasteiger partial charge in [0.15, 0.2) is 5.69 Å². The van der Waals surface area contributed by atoms with Crippen LogP contribution in [-0.4, -0.2) is 17.0 Å². The first-order valence-electron chi connectivity index (χ1n) is 5.90. The third-order valence-electron chi connectivity index (χ3n) is 2.52. The Morgan fingerprint density at radius 2 is 1.86 bits per heavy atom. The third-order valence-corrected chi connectivity index (χ3v) is 2.77. The van der Waals surface area contributed by atoms with Gasteiger partial charge < -0.3 is 10.1 Å². The van der Waals surface area contributed by atoms with Crippen LogP contribution < -0.4 is 10.1 Å². The Bertz CT molecular complexity index is 617. The zero-order valence-electron chi connectivity index (χ0n) is 10.9. The highest BCUT2D eigenvalue weighted by Gasteiger charge is 2.34. The van der Waals surface area contributed by atoms with Crippen LogP contribution in [0.4, 0.5) is 19.1 Å². The van der Waals surface area contributed by atoms with Gasteiger partial charge in [0.05, 0.1) is 0 Å². The van der Waals surface area contributed by atoms with Crippen molar-refractivity contribution < 1.29 is 17.9 Å². The molecular weight excluding hydrogens is 307 g/mol. The summed E-state index contributed by atoms with van der Waals surface area (Å²) in [4.78, 5) is 7.17. The Morgan fingerprint density at radius 1 is 1.19 bits per heavy atom. The number of nitrogens with zero attached hydrogens (tertiary/aromatic N) is 2. The molecule has 0 aliphatic rings. The lowest BCUT2D eigenvalue weighted by atomic mass is 10.2. The normalized spacial score (nSPS) is 11.3. The summed E-state index contributed by atoms with van der Waals surface area (Å²) in [6.07, 6.45) is -4.56. The summed E-state index contributed by atoms with van der Waals surface area (Å²) < 4.78 is 43.4. The average Bonchev–Trinajstić information content (AvgIpc) is 2.45. The predicted molar refractivity (Wildman–Crippen MR) is 72.4 cm³/mol. The van der Waals surface area contributed by atoms with Gasteiger partial charge in [-0.1, -0.05) is 23.7 Å². The first kappa shape index (κ1) is 15.4. The number of nitrogens with one attached hydrogen (secondary N) is 1. The van der Waals surface area contributed by atoms with Gasteiger partial charge in [-0.3, -0.25) is 0 Å². The quantitative estimate of drug-likeness (QED) is 0.932. The molecule has 1 N–H and O–H groups in total. The molecule has 1 aromatic heterocycles. The average molecular weight is 318 g/mol. The summed E-state index contributed by atoms with van der Waals surface area (Å²) in [5.74, 6) is -0.312. The van der Waals surface area contributed by atoms with E-state index in [0.717, 1.165) is 11.6 Å². The lowest BCUT2D eigenvalue weighted by molar-refractivity contribution is -0.141. The molecule has 0 amide bonds. The molecule has 0 aliphatic heterocycles. The Labute approximate surface area is 123 Å². The van der Waals surface area contributed by atoms with Crippen molar-refractivity contribution >= 4 is 17.5 Å². The molecule has 112 valence electrons. The molecule has 21 heavy (non-hydrogen) atoms. The highest BCUT2D eigenvalue weighted by Crippen LogP contribution is 2.30. The minimum Gasteiger partial charge on any atom is -0.473 e. The minimum atomic E-state index is -4.56. The number of anilines is 1. The summed E-state index contributed by atoms with van der Waals surface area (Å²) >= 11 is 5.74. The number of alkyl halides is 3. The van der Waals surface area contributed by atoms with Gasteiger partial charge in [0.25, 0.3) is 0 Å². The molecule has 0 saturated carbocycles. The number of rotatable bonds is 4. The van der Waals surface area contributed by atoms with Crippen molar-refractivity contribution in [3.8, 4) is 5.88 Å². The van der Waals surface area contributed by atoms with Crippen LogP contribution in [0.2, 0.25) is 5.02 Å². The molecule has 2 aromatic rings. The molecule has 1 aromatic carbocycles. The van der Waals surface area contributed by atoms with Crippen LogP contribution in [0.5, 0.6) is 5.88 Å². The first-order chi connectivity index (χ1) is 9.88. The van der Waals surface area contributed by atoms with Crippen LogP contribution >= 0.6 is 11.6 Å². The van der Waals surface area contributed by atoms with Crippen molar-refractivity contribution in [2.24, 2.45) is 0 Å². The monoisotopic (exact) mass is 317 g/mol. The molecule has 0 radical (unpaired) electrons. The van der Waals surface area contributed by atoms with E-state index in [1.54, 1.807) is 24.3 Å². The largest absolute Gasteiger partial charge is 0.473 e. The molecule has 0 unspecified atom stereocenters. The van der Waals surface area contributed by atoms with E-state index in [-0.39, 0.29) is 18.4 Å². The molecular formula is C13H11ClF3N3O. The minimum absolute atomic E-state index is 0.0780. The van der Waals surface area contributed by atoms with Crippen LogP contribution in [0.3, 0.4) is 0 Å². The van der Waals surface area contributed by atoms with E-state index in [1.807, 2.05) is 0 Å². The van der Waals surface area contributed by atoms with Gasteiger partial charge in [-0.05, 0) is 17.7 Å². The van der Waals surface area contributed by atoms with Crippen molar-refractivity contribution in [1.82, 2.24) is 9.97 Å². The SMILES string of the molecule is CNc1nc(OCc2ccc(Cl)cc2)cc(C(F)(F)F)n1. The second-order valence-electron chi connectivity index (χ2n) is 4.08. The molecule has 0 bridgehead atoms. The number of aromatic nitrogens is 2. The number of hydrogen-bond acceptors (Lipinski definition) is 4. The second kappa shape index (κ2) is 6.17. The van der Waals surface area contributed by atoms with E-state index in [4.69, 9.17) is 16.3 Å². The molecule has 4 nitrogen and oxygen atoms in total. The van der Waals surface area contributed by atoms with E-state index in [2.05, 4.69) is 15.3 Å². The Hall–Kier alpha value is -2.02. The number of hydrogen-bond donors (Lipinski definition) is 1. The van der Waals surface area contributed by atoms with Crippen LogP contribution in [0.1, 0.15) is 11.3 Å². The van der Waals surface area contributed by atoms with Crippen LogP contribution in [0.25, 0.3) is 0 Å². The van der Waals surface area contributed by atoms with E-state index >= 15 is 0 Å². The van der Waals surface area contributed by atoms with Gasteiger partial charge >= 0.3 is 6.18 Å². The van der Waals surface area contributed by atoms with Crippen LogP contribution in [0, 0.1) is 0 Å². The van der Waals surface area contributed by atoms with Crippen molar-refractivity contribution in [3.05, 3.63) is 46.6 Å².